The van der Waals surface area contributed by atoms with Crippen LogP contribution >= 0.6 is 11.3 Å². The Morgan fingerprint density at radius 2 is 1.55 bits per heavy atom. The van der Waals surface area contributed by atoms with Gasteiger partial charge in [-0.05, 0) is 95.1 Å². The van der Waals surface area contributed by atoms with Gasteiger partial charge < -0.3 is 14.0 Å². The van der Waals surface area contributed by atoms with Crippen molar-refractivity contribution in [2.75, 3.05) is 0 Å². The first-order valence-corrected chi connectivity index (χ1v) is 24.1. The number of nitrogens with zero attached hydrogens (tertiary/aromatic N) is 1. The van der Waals surface area contributed by atoms with Crippen LogP contribution in [0.4, 0.5) is 0 Å². The van der Waals surface area contributed by atoms with E-state index in [0.29, 0.717) is 0 Å². The molecule has 1 aromatic heterocycles. The molecule has 9 heteroatoms. The normalized spacial score (nSPS) is 16.5. The summed E-state index contributed by atoms with van der Waals surface area (Å²) in [5.41, 5.74) is 1.36. The lowest BCUT2D eigenvalue weighted by Crippen LogP contribution is -2.55. The maximum Gasteiger partial charge on any atom is 0.305 e. The van der Waals surface area contributed by atoms with Gasteiger partial charge in [-0.15, -0.1) is 17.9 Å². The Morgan fingerprint density at radius 3 is 2.00 bits per heavy atom. The van der Waals surface area contributed by atoms with E-state index in [1.165, 1.54) is 11.1 Å². The van der Waals surface area contributed by atoms with E-state index in [2.05, 4.69) is 107 Å². The van der Waals surface area contributed by atoms with Crippen molar-refractivity contribution >= 4 is 39.7 Å². The summed E-state index contributed by atoms with van der Waals surface area (Å²) in [5, 5.41) is 12.8. The number of aliphatic carboxylic acids is 1. The number of aryl methyl sites for hydroxylation is 1. The van der Waals surface area contributed by atoms with Crippen molar-refractivity contribution in [2.45, 2.75) is 176 Å². The van der Waals surface area contributed by atoms with Crippen molar-refractivity contribution in [3.63, 3.8) is 0 Å². The number of carbonyl (C=O) groups is 2. The molecule has 0 spiro atoms. The molecule has 0 fully saturated rings. The van der Waals surface area contributed by atoms with Crippen molar-refractivity contribution in [1.82, 2.24) is 4.98 Å². The Bertz CT molecular complexity index is 1250. The van der Waals surface area contributed by atoms with Gasteiger partial charge in [-0.3, -0.25) is 9.59 Å². The van der Waals surface area contributed by atoms with Crippen LogP contribution in [0, 0.1) is 18.3 Å². The summed E-state index contributed by atoms with van der Waals surface area (Å²) in [6.07, 6.45) is 6.25. The van der Waals surface area contributed by atoms with E-state index in [-0.39, 0.29) is 34.6 Å². The van der Waals surface area contributed by atoms with Gasteiger partial charge >= 0.3 is 5.97 Å². The molecule has 0 aromatic carbocycles. The fraction of sp³-hybridized carbons (Fsp3) is 0.763. The zero-order valence-electron chi connectivity index (χ0n) is 32.9. The summed E-state index contributed by atoms with van der Waals surface area (Å²) in [6, 6.07) is 0. The average molecular weight is 708 g/mol. The third-order valence-corrected chi connectivity index (χ3v) is 20.7. The first kappa shape index (κ1) is 43.6. The predicted octanol–water partition coefficient (Wildman–Crippen LogP) is 11.6. The number of hydrogen-bond donors (Lipinski definition) is 1. The van der Waals surface area contributed by atoms with Crippen LogP contribution in [-0.2, 0) is 24.0 Å². The van der Waals surface area contributed by atoms with Crippen molar-refractivity contribution in [2.24, 2.45) is 11.3 Å². The van der Waals surface area contributed by atoms with E-state index in [9.17, 15) is 14.7 Å². The number of carboxylic acid groups (broad SMARTS) is 1. The molecule has 0 aliphatic carbocycles. The Balaban J connectivity index is 3.72. The number of carbonyl (C=O) groups excluding carboxylic acids is 1. The highest BCUT2D eigenvalue weighted by Gasteiger charge is 2.53. The molecule has 1 aromatic rings. The van der Waals surface area contributed by atoms with Crippen LogP contribution in [0.25, 0.3) is 0 Å². The van der Waals surface area contributed by atoms with Crippen LogP contribution in [0.2, 0.25) is 36.3 Å². The number of carboxylic acids is 1. The molecule has 0 aliphatic heterocycles. The van der Waals surface area contributed by atoms with Gasteiger partial charge in [0, 0.05) is 17.2 Å². The summed E-state index contributed by atoms with van der Waals surface area (Å²) in [4.78, 5) is 32.1. The van der Waals surface area contributed by atoms with Crippen LogP contribution in [0.15, 0.2) is 29.2 Å². The van der Waals surface area contributed by atoms with Crippen molar-refractivity contribution < 1.29 is 23.5 Å². The molecule has 0 bridgehead atoms. The number of hydrogen-bond acceptors (Lipinski definition) is 6. The molecule has 6 nitrogen and oxygen atoms in total. The highest BCUT2D eigenvalue weighted by Crippen LogP contribution is 2.50. The molecule has 0 radical (unpaired) electrons. The average Bonchev–Trinajstić information content (AvgIpc) is 3.32. The number of Topliss-reactive ketones (excluding diaryl/α,β-unsaturated/α-hetero) is 1. The molecule has 1 rings (SSSR count). The van der Waals surface area contributed by atoms with E-state index >= 15 is 0 Å². The third kappa shape index (κ3) is 12.2. The lowest BCUT2D eigenvalue weighted by atomic mass is 9.72. The molecule has 47 heavy (non-hydrogen) atoms. The standard InChI is InChI=1S/C38H69NO5SSi2/c1-27(2)20-18-21-28(3)22-19-23-29(4)38(31-26-45-30(5)39-31,44-47(16,17)36(9,10)11)25-32(40)37(12,13)33(24-34(41)42)43-46(14,15)35(6,7)8/h21,26,29,33H,1,18-20,22-25H2,2-17H3,(H,41,42). The molecule has 0 amide bonds. The summed E-state index contributed by atoms with van der Waals surface area (Å²) in [5.74, 6) is -1.02. The molecular formula is C38H69NO5SSi2. The smallest absolute Gasteiger partial charge is 0.305 e. The Morgan fingerprint density at radius 1 is 1.00 bits per heavy atom. The molecule has 0 saturated heterocycles. The highest BCUT2D eigenvalue weighted by atomic mass is 32.1. The zero-order valence-corrected chi connectivity index (χ0v) is 35.7. The van der Waals surface area contributed by atoms with Gasteiger partial charge in [0.2, 0.25) is 0 Å². The monoisotopic (exact) mass is 707 g/mol. The van der Waals surface area contributed by atoms with Crippen LogP contribution in [0.1, 0.15) is 132 Å². The first-order valence-electron chi connectivity index (χ1n) is 17.4. The van der Waals surface area contributed by atoms with Crippen molar-refractivity contribution in [1.29, 1.82) is 0 Å². The highest BCUT2D eigenvalue weighted by molar-refractivity contribution is 7.09. The lowest BCUT2D eigenvalue weighted by molar-refractivity contribution is -0.146. The van der Waals surface area contributed by atoms with Gasteiger partial charge in [0.25, 0.3) is 0 Å². The minimum atomic E-state index is -2.43. The summed E-state index contributed by atoms with van der Waals surface area (Å²) in [7, 11) is -4.83. The molecule has 3 atom stereocenters. The second-order valence-corrected chi connectivity index (χ2v) is 28.2. The summed E-state index contributed by atoms with van der Waals surface area (Å²) < 4.78 is 14.2. The van der Waals surface area contributed by atoms with Gasteiger partial charge in [-0.1, -0.05) is 79.5 Å². The molecule has 0 aliphatic rings. The number of allylic oxidation sites excluding steroid dienone is 3. The van der Waals surface area contributed by atoms with E-state index < -0.39 is 39.7 Å². The molecule has 270 valence electrons. The van der Waals surface area contributed by atoms with Gasteiger partial charge in [0.05, 0.1) is 23.2 Å². The Kier molecular flexibility index (Phi) is 15.4. The van der Waals surface area contributed by atoms with Gasteiger partial charge in [0.1, 0.15) is 11.4 Å². The van der Waals surface area contributed by atoms with Gasteiger partial charge in [-0.25, -0.2) is 4.98 Å². The van der Waals surface area contributed by atoms with Crippen LogP contribution in [-0.4, -0.2) is 44.6 Å². The number of thiazole rings is 1. The maximum atomic E-state index is 14.9. The largest absolute Gasteiger partial charge is 0.481 e. The Hall–Kier alpha value is -1.40. The molecule has 1 N–H and O–H groups in total. The topological polar surface area (TPSA) is 85.7 Å². The fourth-order valence-corrected chi connectivity index (χ4v) is 8.96. The summed E-state index contributed by atoms with van der Waals surface area (Å²) >= 11 is 1.58. The molecule has 0 saturated carbocycles. The predicted molar refractivity (Wildman–Crippen MR) is 205 cm³/mol. The first-order chi connectivity index (χ1) is 21.1. The van der Waals surface area contributed by atoms with Crippen LogP contribution < -0.4 is 0 Å². The van der Waals surface area contributed by atoms with E-state index in [1.807, 2.05) is 20.8 Å². The number of ketones is 1. The summed E-state index contributed by atoms with van der Waals surface area (Å²) in [6.45, 7) is 38.0. The Labute approximate surface area is 294 Å². The van der Waals surface area contributed by atoms with Crippen LogP contribution in [0.3, 0.4) is 0 Å². The fourth-order valence-electron chi connectivity index (χ4n) is 5.24. The van der Waals surface area contributed by atoms with Crippen LogP contribution in [0.5, 0.6) is 0 Å². The quantitative estimate of drug-likeness (QED) is 0.114. The minimum absolute atomic E-state index is 0.0136. The second kappa shape index (κ2) is 16.5. The minimum Gasteiger partial charge on any atom is -0.481 e. The molecule has 3 unspecified atom stereocenters. The number of aromatic nitrogens is 1. The molecular weight excluding hydrogens is 639 g/mol. The zero-order chi connectivity index (χ0) is 36.8. The maximum absolute atomic E-state index is 14.9. The SMILES string of the molecule is C=C(C)CCC=C(C)CCCC(C)C(CC(=O)C(C)(C)C(CC(=O)O)O[Si](C)(C)C(C)(C)C)(O[Si](C)(C)C(C)(C)C)c1csc(C)n1. The van der Waals surface area contributed by atoms with E-state index in [4.69, 9.17) is 13.8 Å². The van der Waals surface area contributed by atoms with Gasteiger partial charge in [0.15, 0.2) is 16.6 Å². The van der Waals surface area contributed by atoms with Crippen molar-refractivity contribution in [3.8, 4) is 0 Å². The van der Waals surface area contributed by atoms with E-state index in [1.54, 1.807) is 11.3 Å². The lowest BCUT2D eigenvalue weighted by Gasteiger charge is -2.49. The van der Waals surface area contributed by atoms with Gasteiger partial charge in [-0.2, -0.15) is 0 Å². The van der Waals surface area contributed by atoms with E-state index in [0.717, 1.165) is 42.8 Å². The molecule has 1 heterocycles. The second-order valence-electron chi connectivity index (χ2n) is 17.6. The third-order valence-electron chi connectivity index (χ3n) is 10.9. The number of rotatable bonds is 19. The van der Waals surface area contributed by atoms with Crippen molar-refractivity contribution in [3.05, 3.63) is 39.9 Å².